The van der Waals surface area contributed by atoms with Gasteiger partial charge in [-0.1, -0.05) is 39.5 Å². The normalized spacial score (nSPS) is 28.1. The summed E-state index contributed by atoms with van der Waals surface area (Å²) in [6.07, 6.45) is 6.81. The van der Waals surface area contributed by atoms with E-state index in [9.17, 15) is 9.59 Å². The Labute approximate surface area is 122 Å². The Kier molecular flexibility index (Phi) is 5.06. The molecule has 1 saturated carbocycles. The molecule has 1 saturated heterocycles. The molecule has 0 radical (unpaired) electrons. The second kappa shape index (κ2) is 6.59. The molecule has 0 aromatic rings. The van der Waals surface area contributed by atoms with Crippen molar-refractivity contribution < 1.29 is 9.59 Å². The zero-order chi connectivity index (χ0) is 14.7. The summed E-state index contributed by atoms with van der Waals surface area (Å²) in [4.78, 5) is 26.5. The van der Waals surface area contributed by atoms with Gasteiger partial charge in [0, 0.05) is 6.04 Å². The Bertz CT molecular complexity index is 347. The summed E-state index contributed by atoms with van der Waals surface area (Å²) in [5.41, 5.74) is 0. The zero-order valence-corrected chi connectivity index (χ0v) is 13.0. The Hall–Kier alpha value is -1.06. The van der Waals surface area contributed by atoms with Gasteiger partial charge in [0.1, 0.15) is 6.04 Å². The summed E-state index contributed by atoms with van der Waals surface area (Å²) < 4.78 is 0. The summed E-state index contributed by atoms with van der Waals surface area (Å²) in [5, 5.41) is 2.95. The van der Waals surface area contributed by atoms with Gasteiger partial charge in [-0.3, -0.25) is 9.59 Å². The molecule has 1 aliphatic heterocycles. The topological polar surface area (TPSA) is 49.4 Å². The Morgan fingerprint density at radius 2 is 1.85 bits per heavy atom. The second-order valence-electron chi connectivity index (χ2n) is 6.54. The molecule has 4 heteroatoms. The highest BCUT2D eigenvalue weighted by molar-refractivity contribution is 5.95. The van der Waals surface area contributed by atoms with Crippen LogP contribution in [0.1, 0.15) is 59.3 Å². The van der Waals surface area contributed by atoms with E-state index in [0.29, 0.717) is 11.8 Å². The molecule has 3 atom stereocenters. The number of nitrogens with zero attached hydrogens (tertiary/aromatic N) is 1. The molecule has 2 aliphatic rings. The third-order valence-corrected chi connectivity index (χ3v) is 5.26. The number of rotatable bonds is 4. The lowest BCUT2D eigenvalue weighted by atomic mass is 9.82. The van der Waals surface area contributed by atoms with Gasteiger partial charge in [0.2, 0.25) is 11.8 Å². The van der Waals surface area contributed by atoms with Gasteiger partial charge < -0.3 is 10.2 Å². The molecule has 3 unspecified atom stereocenters. The lowest BCUT2D eigenvalue weighted by Gasteiger charge is -2.41. The van der Waals surface area contributed by atoms with Crippen LogP contribution >= 0.6 is 0 Å². The molecule has 2 fully saturated rings. The molecule has 20 heavy (non-hydrogen) atoms. The molecule has 0 aromatic carbocycles. The average Bonchev–Trinajstić information content (AvgIpc) is 2.48. The average molecular weight is 280 g/mol. The first kappa shape index (κ1) is 15.3. The molecule has 0 spiro atoms. The Balaban J connectivity index is 2.10. The van der Waals surface area contributed by atoms with Crippen molar-refractivity contribution in [3.63, 3.8) is 0 Å². The van der Waals surface area contributed by atoms with Gasteiger partial charge in [-0.05, 0) is 31.6 Å². The van der Waals surface area contributed by atoms with Gasteiger partial charge in [0.05, 0.1) is 6.54 Å². The van der Waals surface area contributed by atoms with Gasteiger partial charge in [-0.25, -0.2) is 0 Å². The van der Waals surface area contributed by atoms with Crippen LogP contribution in [0.2, 0.25) is 0 Å². The van der Waals surface area contributed by atoms with Crippen molar-refractivity contribution in [2.24, 2.45) is 11.8 Å². The fraction of sp³-hybridized carbons (Fsp3) is 0.875. The Morgan fingerprint density at radius 1 is 1.20 bits per heavy atom. The van der Waals surface area contributed by atoms with Gasteiger partial charge in [-0.15, -0.1) is 0 Å². The zero-order valence-electron chi connectivity index (χ0n) is 13.0. The van der Waals surface area contributed by atoms with E-state index in [1.165, 1.54) is 19.3 Å². The molecule has 0 aromatic heterocycles. The lowest BCUT2D eigenvalue weighted by molar-refractivity contribution is -0.149. The summed E-state index contributed by atoms with van der Waals surface area (Å²) in [5.74, 6) is 0.920. The first-order valence-electron chi connectivity index (χ1n) is 8.14. The van der Waals surface area contributed by atoms with Gasteiger partial charge in [0.15, 0.2) is 0 Å². The minimum Gasteiger partial charge on any atom is -0.342 e. The smallest absolute Gasteiger partial charge is 0.246 e. The van der Waals surface area contributed by atoms with Crippen LogP contribution in [0.4, 0.5) is 0 Å². The fourth-order valence-corrected chi connectivity index (χ4v) is 3.47. The van der Waals surface area contributed by atoms with E-state index in [-0.39, 0.29) is 30.4 Å². The van der Waals surface area contributed by atoms with Crippen molar-refractivity contribution in [1.82, 2.24) is 10.2 Å². The summed E-state index contributed by atoms with van der Waals surface area (Å²) in [6.45, 7) is 6.59. The molecule has 1 N–H and O–H groups in total. The Morgan fingerprint density at radius 3 is 2.45 bits per heavy atom. The number of amides is 2. The summed E-state index contributed by atoms with van der Waals surface area (Å²) in [7, 11) is 0. The number of hydrogen-bond acceptors (Lipinski definition) is 2. The van der Waals surface area contributed by atoms with Gasteiger partial charge in [0.25, 0.3) is 0 Å². The maximum atomic E-state index is 12.7. The monoisotopic (exact) mass is 280 g/mol. The molecule has 1 aliphatic carbocycles. The van der Waals surface area contributed by atoms with Crippen molar-refractivity contribution in [1.29, 1.82) is 0 Å². The predicted octanol–water partition coefficient (Wildman–Crippen LogP) is 2.33. The molecule has 2 amide bonds. The molecular formula is C16H28N2O2. The molecule has 1 heterocycles. The standard InChI is InChI=1S/C16H28N2O2/c1-4-11(2)12(3)18-10-14(19)17-15(16(18)20)13-8-6-5-7-9-13/h11-13,15H,4-10H2,1-3H3,(H,17,19). The molecule has 114 valence electrons. The van der Waals surface area contributed by atoms with Crippen molar-refractivity contribution >= 4 is 11.8 Å². The van der Waals surface area contributed by atoms with Crippen LogP contribution in [0, 0.1) is 11.8 Å². The van der Waals surface area contributed by atoms with E-state index >= 15 is 0 Å². The van der Waals surface area contributed by atoms with Crippen LogP contribution in [0.5, 0.6) is 0 Å². The van der Waals surface area contributed by atoms with Crippen LogP contribution in [0.3, 0.4) is 0 Å². The lowest BCUT2D eigenvalue weighted by Crippen LogP contribution is -2.63. The fourth-order valence-electron chi connectivity index (χ4n) is 3.47. The minimum atomic E-state index is -0.275. The largest absolute Gasteiger partial charge is 0.342 e. The van der Waals surface area contributed by atoms with Gasteiger partial charge >= 0.3 is 0 Å². The van der Waals surface area contributed by atoms with E-state index in [1.807, 2.05) is 4.90 Å². The first-order chi connectivity index (χ1) is 9.54. The van der Waals surface area contributed by atoms with E-state index < -0.39 is 0 Å². The van der Waals surface area contributed by atoms with E-state index in [4.69, 9.17) is 0 Å². The van der Waals surface area contributed by atoms with Crippen molar-refractivity contribution in [3.8, 4) is 0 Å². The number of carbonyl (C=O) groups excluding carboxylic acids is 2. The highest BCUT2D eigenvalue weighted by Crippen LogP contribution is 2.29. The third-order valence-electron chi connectivity index (χ3n) is 5.26. The predicted molar refractivity (Wildman–Crippen MR) is 79.1 cm³/mol. The first-order valence-corrected chi connectivity index (χ1v) is 8.14. The minimum absolute atomic E-state index is 0.00956. The summed E-state index contributed by atoms with van der Waals surface area (Å²) >= 11 is 0. The SMILES string of the molecule is CCC(C)C(C)N1CC(=O)NC(C2CCCCC2)C1=O. The molecule has 4 nitrogen and oxygen atoms in total. The van der Waals surface area contributed by atoms with Crippen LogP contribution < -0.4 is 5.32 Å². The highest BCUT2D eigenvalue weighted by Gasteiger charge is 2.40. The maximum absolute atomic E-state index is 12.7. The van der Waals surface area contributed by atoms with E-state index in [1.54, 1.807) is 0 Å². The number of piperazine rings is 1. The number of hydrogen-bond donors (Lipinski definition) is 1. The molecule has 0 bridgehead atoms. The van der Waals surface area contributed by atoms with E-state index in [2.05, 4.69) is 26.1 Å². The highest BCUT2D eigenvalue weighted by atomic mass is 16.2. The number of carbonyl (C=O) groups is 2. The quantitative estimate of drug-likeness (QED) is 0.859. The van der Waals surface area contributed by atoms with E-state index in [0.717, 1.165) is 19.3 Å². The van der Waals surface area contributed by atoms with Crippen LogP contribution in [0.25, 0.3) is 0 Å². The maximum Gasteiger partial charge on any atom is 0.246 e. The number of nitrogens with one attached hydrogen (secondary N) is 1. The third kappa shape index (κ3) is 3.15. The van der Waals surface area contributed by atoms with Crippen molar-refractivity contribution in [2.45, 2.75) is 71.4 Å². The van der Waals surface area contributed by atoms with Crippen molar-refractivity contribution in [3.05, 3.63) is 0 Å². The summed E-state index contributed by atoms with van der Waals surface area (Å²) in [6, 6.07) is -0.132. The second-order valence-corrected chi connectivity index (χ2v) is 6.54. The van der Waals surface area contributed by atoms with Crippen LogP contribution in [0.15, 0.2) is 0 Å². The van der Waals surface area contributed by atoms with Crippen molar-refractivity contribution in [2.75, 3.05) is 6.54 Å². The van der Waals surface area contributed by atoms with Gasteiger partial charge in [-0.2, -0.15) is 0 Å². The molecular weight excluding hydrogens is 252 g/mol. The molecule has 2 rings (SSSR count). The van der Waals surface area contributed by atoms with Crippen LogP contribution in [-0.4, -0.2) is 35.3 Å². The van der Waals surface area contributed by atoms with Crippen LogP contribution in [-0.2, 0) is 9.59 Å².